The monoisotopic (exact) mass is 353 g/mol. The number of nitrogens with zero attached hydrogens (tertiary/aromatic N) is 2. The van der Waals surface area contributed by atoms with E-state index in [0.717, 1.165) is 46.1 Å². The summed E-state index contributed by atoms with van der Waals surface area (Å²) >= 11 is 5.90. The van der Waals surface area contributed by atoms with Crippen LogP contribution < -0.4 is 16.8 Å². The summed E-state index contributed by atoms with van der Waals surface area (Å²) in [5.41, 5.74) is 16.6. The lowest BCUT2D eigenvalue weighted by atomic mass is 10.0. The Bertz CT molecular complexity index is 860. The van der Waals surface area contributed by atoms with Crippen LogP contribution in [0.15, 0.2) is 48.5 Å². The molecule has 5 N–H and O–H groups in total. The molecule has 2 aromatic carbocycles. The van der Waals surface area contributed by atoms with Gasteiger partial charge in [-0.2, -0.15) is 4.98 Å². The first-order valence-electron chi connectivity index (χ1n) is 8.07. The lowest BCUT2D eigenvalue weighted by Crippen LogP contribution is -2.06. The average Bonchev–Trinajstić information content (AvgIpc) is 2.61. The molecule has 0 amide bonds. The van der Waals surface area contributed by atoms with Crippen molar-refractivity contribution in [3.8, 4) is 11.1 Å². The van der Waals surface area contributed by atoms with Gasteiger partial charge in [0, 0.05) is 22.8 Å². The standard InChI is InChI=1S/C19H20ClN5/c1-2-16-17(18(21)25-19(22)24-16)13-5-3-12(4-6-13)11-23-15-9-7-14(20)8-10-15/h3-10,23H,2,11H2,1H3,(H4,21,22,24,25). The Hall–Kier alpha value is -2.79. The van der Waals surface area contributed by atoms with E-state index in [4.69, 9.17) is 23.1 Å². The molecule has 128 valence electrons. The van der Waals surface area contributed by atoms with Crippen LogP contribution >= 0.6 is 11.6 Å². The lowest BCUT2D eigenvalue weighted by Gasteiger charge is -2.12. The highest BCUT2D eigenvalue weighted by molar-refractivity contribution is 6.30. The molecule has 0 saturated carbocycles. The number of rotatable bonds is 5. The third kappa shape index (κ3) is 4.00. The van der Waals surface area contributed by atoms with E-state index in [0.29, 0.717) is 5.82 Å². The van der Waals surface area contributed by atoms with Gasteiger partial charge in [0.2, 0.25) is 5.95 Å². The molecule has 1 heterocycles. The summed E-state index contributed by atoms with van der Waals surface area (Å²) in [7, 11) is 0. The third-order valence-electron chi connectivity index (χ3n) is 3.95. The number of benzene rings is 2. The summed E-state index contributed by atoms with van der Waals surface area (Å²) in [6.45, 7) is 2.74. The minimum Gasteiger partial charge on any atom is -0.383 e. The molecule has 0 spiro atoms. The molecule has 25 heavy (non-hydrogen) atoms. The molecule has 3 rings (SSSR count). The summed E-state index contributed by atoms with van der Waals surface area (Å²) in [5, 5.41) is 4.09. The van der Waals surface area contributed by atoms with Crippen molar-refractivity contribution in [3.63, 3.8) is 0 Å². The first-order valence-corrected chi connectivity index (χ1v) is 8.45. The van der Waals surface area contributed by atoms with Gasteiger partial charge in [0.05, 0.1) is 5.69 Å². The molecule has 0 atom stereocenters. The zero-order valence-electron chi connectivity index (χ0n) is 14.0. The second kappa shape index (κ2) is 7.40. The third-order valence-corrected chi connectivity index (χ3v) is 4.20. The van der Waals surface area contributed by atoms with E-state index in [1.807, 2.05) is 43.3 Å². The summed E-state index contributed by atoms with van der Waals surface area (Å²) < 4.78 is 0. The fourth-order valence-electron chi connectivity index (χ4n) is 2.68. The van der Waals surface area contributed by atoms with Gasteiger partial charge in [0.15, 0.2) is 0 Å². The normalized spacial score (nSPS) is 10.6. The van der Waals surface area contributed by atoms with Crippen molar-refractivity contribution < 1.29 is 0 Å². The molecule has 3 aromatic rings. The summed E-state index contributed by atoms with van der Waals surface area (Å²) in [6.07, 6.45) is 0.742. The largest absolute Gasteiger partial charge is 0.383 e. The molecule has 0 aliphatic heterocycles. The number of aromatic nitrogens is 2. The van der Waals surface area contributed by atoms with Crippen molar-refractivity contribution >= 4 is 29.1 Å². The number of nitrogens with two attached hydrogens (primary N) is 2. The van der Waals surface area contributed by atoms with Crippen LogP contribution in [0, 0.1) is 0 Å². The molecular weight excluding hydrogens is 334 g/mol. The maximum Gasteiger partial charge on any atom is 0.222 e. The Morgan fingerprint density at radius 1 is 0.960 bits per heavy atom. The van der Waals surface area contributed by atoms with Crippen LogP contribution in [-0.4, -0.2) is 9.97 Å². The number of anilines is 3. The number of halogens is 1. The fraction of sp³-hybridized carbons (Fsp3) is 0.158. The Labute approximate surface area is 152 Å². The zero-order valence-corrected chi connectivity index (χ0v) is 14.7. The summed E-state index contributed by atoms with van der Waals surface area (Å²) in [5.74, 6) is 0.623. The van der Waals surface area contributed by atoms with Gasteiger partial charge in [0.25, 0.3) is 0 Å². The number of hydrogen-bond acceptors (Lipinski definition) is 5. The molecule has 0 saturated heterocycles. The molecule has 6 heteroatoms. The van der Waals surface area contributed by atoms with Crippen LogP contribution in [0.2, 0.25) is 5.02 Å². The number of nitrogens with one attached hydrogen (secondary N) is 1. The molecule has 0 aliphatic rings. The van der Waals surface area contributed by atoms with Gasteiger partial charge in [-0.25, -0.2) is 4.98 Å². The van der Waals surface area contributed by atoms with Crippen LogP contribution in [0.5, 0.6) is 0 Å². The van der Waals surface area contributed by atoms with Crippen molar-refractivity contribution in [1.29, 1.82) is 0 Å². The average molecular weight is 354 g/mol. The number of hydrogen-bond donors (Lipinski definition) is 3. The van der Waals surface area contributed by atoms with Gasteiger partial charge >= 0.3 is 0 Å². The van der Waals surface area contributed by atoms with Crippen molar-refractivity contribution in [3.05, 3.63) is 64.8 Å². The van der Waals surface area contributed by atoms with Crippen molar-refractivity contribution in [1.82, 2.24) is 9.97 Å². The Morgan fingerprint density at radius 2 is 1.64 bits per heavy atom. The van der Waals surface area contributed by atoms with Gasteiger partial charge < -0.3 is 16.8 Å². The molecule has 0 aliphatic carbocycles. The van der Waals surface area contributed by atoms with Crippen LogP contribution in [0.3, 0.4) is 0 Å². The van der Waals surface area contributed by atoms with E-state index in [-0.39, 0.29) is 5.95 Å². The first kappa shape index (κ1) is 17.0. The Kier molecular flexibility index (Phi) is 5.05. The van der Waals surface area contributed by atoms with Crippen LogP contribution in [0.25, 0.3) is 11.1 Å². The SMILES string of the molecule is CCc1nc(N)nc(N)c1-c1ccc(CNc2ccc(Cl)cc2)cc1. The highest BCUT2D eigenvalue weighted by Gasteiger charge is 2.12. The van der Waals surface area contributed by atoms with Gasteiger partial charge in [-0.15, -0.1) is 0 Å². The summed E-state index contributed by atoms with van der Waals surface area (Å²) in [4.78, 5) is 8.38. The molecule has 1 aromatic heterocycles. The topological polar surface area (TPSA) is 89.8 Å². The van der Waals surface area contributed by atoms with Gasteiger partial charge in [-0.1, -0.05) is 42.8 Å². The van der Waals surface area contributed by atoms with Crippen molar-refractivity contribution in [2.24, 2.45) is 0 Å². The van der Waals surface area contributed by atoms with E-state index in [9.17, 15) is 0 Å². The molecule has 0 radical (unpaired) electrons. The van der Waals surface area contributed by atoms with Crippen LogP contribution in [-0.2, 0) is 13.0 Å². The van der Waals surface area contributed by atoms with Crippen molar-refractivity contribution in [2.45, 2.75) is 19.9 Å². The smallest absolute Gasteiger partial charge is 0.222 e. The Morgan fingerprint density at radius 3 is 2.28 bits per heavy atom. The minimum absolute atomic E-state index is 0.210. The second-order valence-electron chi connectivity index (χ2n) is 5.70. The highest BCUT2D eigenvalue weighted by atomic mass is 35.5. The van der Waals surface area contributed by atoms with E-state index >= 15 is 0 Å². The van der Waals surface area contributed by atoms with E-state index in [2.05, 4.69) is 27.4 Å². The van der Waals surface area contributed by atoms with Crippen LogP contribution in [0.4, 0.5) is 17.5 Å². The van der Waals surface area contributed by atoms with Gasteiger partial charge in [0.1, 0.15) is 5.82 Å². The van der Waals surface area contributed by atoms with E-state index in [1.165, 1.54) is 0 Å². The minimum atomic E-state index is 0.210. The zero-order chi connectivity index (χ0) is 17.8. The molecule has 0 fully saturated rings. The summed E-state index contributed by atoms with van der Waals surface area (Å²) in [6, 6.07) is 15.8. The Balaban J connectivity index is 1.77. The van der Waals surface area contributed by atoms with Crippen LogP contribution in [0.1, 0.15) is 18.2 Å². The number of nitrogen functional groups attached to an aromatic ring is 2. The first-order chi connectivity index (χ1) is 12.1. The predicted molar refractivity (Wildman–Crippen MR) is 104 cm³/mol. The molecule has 5 nitrogen and oxygen atoms in total. The van der Waals surface area contributed by atoms with Gasteiger partial charge in [-0.3, -0.25) is 0 Å². The second-order valence-corrected chi connectivity index (χ2v) is 6.14. The quantitative estimate of drug-likeness (QED) is 0.641. The highest BCUT2D eigenvalue weighted by Crippen LogP contribution is 2.29. The molecule has 0 unspecified atom stereocenters. The molecule has 0 bridgehead atoms. The van der Waals surface area contributed by atoms with E-state index < -0.39 is 0 Å². The fourth-order valence-corrected chi connectivity index (χ4v) is 2.80. The van der Waals surface area contributed by atoms with E-state index in [1.54, 1.807) is 0 Å². The number of aryl methyl sites for hydroxylation is 1. The maximum atomic E-state index is 6.06. The van der Waals surface area contributed by atoms with Crippen molar-refractivity contribution in [2.75, 3.05) is 16.8 Å². The maximum absolute atomic E-state index is 6.06. The predicted octanol–water partition coefficient (Wildman–Crippen LogP) is 4.14. The lowest BCUT2D eigenvalue weighted by molar-refractivity contribution is 1.02. The van der Waals surface area contributed by atoms with Gasteiger partial charge in [-0.05, 0) is 41.8 Å². The molecular formula is C19H20ClN5.